The van der Waals surface area contributed by atoms with Crippen LogP contribution in [-0.2, 0) is 6.42 Å². The Balaban J connectivity index is 1.72. The lowest BCUT2D eigenvalue weighted by Crippen LogP contribution is -2.27. The molecule has 0 radical (unpaired) electrons. The van der Waals surface area contributed by atoms with Crippen LogP contribution in [-0.4, -0.2) is 19.1 Å². The van der Waals surface area contributed by atoms with Gasteiger partial charge in [0.05, 0.1) is 6.54 Å². The van der Waals surface area contributed by atoms with E-state index in [0.717, 1.165) is 12.2 Å². The van der Waals surface area contributed by atoms with Crippen LogP contribution in [0.3, 0.4) is 0 Å². The van der Waals surface area contributed by atoms with Gasteiger partial charge in [0.2, 0.25) is 0 Å². The number of rotatable bonds is 6. The number of aryl methyl sites for hydroxylation is 1. The van der Waals surface area contributed by atoms with E-state index in [4.69, 9.17) is 4.74 Å². The van der Waals surface area contributed by atoms with Gasteiger partial charge in [0.25, 0.3) is 5.91 Å². The molecular weight excluding hydrogens is 250 g/mol. The van der Waals surface area contributed by atoms with E-state index in [9.17, 15) is 4.79 Å². The Kier molecular flexibility index (Phi) is 5.18. The third kappa shape index (κ3) is 4.12. The zero-order valence-electron chi connectivity index (χ0n) is 11.6. The summed E-state index contributed by atoms with van der Waals surface area (Å²) in [7, 11) is 0. The highest BCUT2D eigenvalue weighted by Gasteiger charge is 2.03. The minimum Gasteiger partial charge on any atom is -0.492 e. The van der Waals surface area contributed by atoms with Gasteiger partial charge in [-0.2, -0.15) is 0 Å². The molecule has 2 rings (SSSR count). The van der Waals surface area contributed by atoms with Crippen molar-refractivity contribution in [2.24, 2.45) is 0 Å². The molecule has 20 heavy (non-hydrogen) atoms. The molecule has 1 N–H and O–H groups in total. The van der Waals surface area contributed by atoms with Crippen molar-refractivity contribution in [2.75, 3.05) is 13.2 Å². The molecule has 2 aromatic rings. The smallest absolute Gasteiger partial charge is 0.251 e. The maximum absolute atomic E-state index is 11.8. The van der Waals surface area contributed by atoms with Gasteiger partial charge in [-0.1, -0.05) is 37.3 Å². The van der Waals surface area contributed by atoms with Crippen LogP contribution in [0.1, 0.15) is 22.8 Å². The number of hydrogen-bond acceptors (Lipinski definition) is 2. The third-order valence-corrected chi connectivity index (χ3v) is 3.02. The molecule has 0 aliphatic heterocycles. The molecule has 0 aromatic heterocycles. The molecule has 3 heteroatoms. The fraction of sp³-hybridized carbons (Fsp3) is 0.235. The zero-order valence-corrected chi connectivity index (χ0v) is 11.6. The molecule has 0 aliphatic carbocycles. The number of amides is 1. The molecule has 0 heterocycles. The predicted octanol–water partition coefficient (Wildman–Crippen LogP) is 3.06. The van der Waals surface area contributed by atoms with Crippen LogP contribution in [0.4, 0.5) is 0 Å². The van der Waals surface area contributed by atoms with E-state index in [1.807, 2.05) is 30.3 Å². The first-order chi connectivity index (χ1) is 9.79. The lowest BCUT2D eigenvalue weighted by atomic mass is 10.2. The van der Waals surface area contributed by atoms with Gasteiger partial charge >= 0.3 is 0 Å². The normalized spacial score (nSPS) is 10.1. The zero-order chi connectivity index (χ0) is 14.2. The minimum atomic E-state index is -0.0736. The van der Waals surface area contributed by atoms with E-state index in [-0.39, 0.29) is 5.91 Å². The third-order valence-electron chi connectivity index (χ3n) is 3.02. The molecule has 0 unspecified atom stereocenters. The first kappa shape index (κ1) is 14.1. The van der Waals surface area contributed by atoms with Gasteiger partial charge in [-0.3, -0.25) is 4.79 Å². The van der Waals surface area contributed by atoms with Crippen LogP contribution in [0.2, 0.25) is 0 Å². The number of ether oxygens (including phenoxy) is 1. The number of carbonyl (C=O) groups excluding carboxylic acids is 1. The first-order valence-electron chi connectivity index (χ1n) is 6.84. The average molecular weight is 269 g/mol. The number of benzene rings is 2. The summed E-state index contributed by atoms with van der Waals surface area (Å²) in [4.78, 5) is 11.8. The van der Waals surface area contributed by atoms with Crippen LogP contribution in [0.5, 0.6) is 5.75 Å². The average Bonchev–Trinajstić information content (AvgIpc) is 2.53. The van der Waals surface area contributed by atoms with Gasteiger partial charge in [-0.25, -0.2) is 0 Å². The molecule has 0 saturated heterocycles. The van der Waals surface area contributed by atoms with E-state index in [2.05, 4.69) is 24.4 Å². The van der Waals surface area contributed by atoms with Gasteiger partial charge in [0, 0.05) is 5.56 Å². The first-order valence-corrected chi connectivity index (χ1v) is 6.84. The van der Waals surface area contributed by atoms with Gasteiger partial charge in [0.1, 0.15) is 12.4 Å². The molecule has 104 valence electrons. The second-order valence-corrected chi connectivity index (χ2v) is 4.47. The van der Waals surface area contributed by atoms with Gasteiger partial charge in [0.15, 0.2) is 0 Å². The summed E-state index contributed by atoms with van der Waals surface area (Å²) in [5, 5.41) is 2.83. The summed E-state index contributed by atoms with van der Waals surface area (Å²) in [6.45, 7) is 3.07. The van der Waals surface area contributed by atoms with Gasteiger partial charge < -0.3 is 10.1 Å². The van der Waals surface area contributed by atoms with Crippen molar-refractivity contribution in [3.05, 3.63) is 65.7 Å². The Morgan fingerprint density at radius 3 is 2.40 bits per heavy atom. The predicted molar refractivity (Wildman–Crippen MR) is 80.1 cm³/mol. The Labute approximate surface area is 119 Å². The van der Waals surface area contributed by atoms with Crippen LogP contribution in [0.15, 0.2) is 54.6 Å². The van der Waals surface area contributed by atoms with Crippen molar-refractivity contribution in [1.29, 1.82) is 0 Å². The van der Waals surface area contributed by atoms with Crippen LogP contribution < -0.4 is 10.1 Å². The molecule has 3 nitrogen and oxygen atoms in total. The van der Waals surface area contributed by atoms with E-state index >= 15 is 0 Å². The molecule has 0 fully saturated rings. The lowest BCUT2D eigenvalue weighted by molar-refractivity contribution is 0.0947. The fourth-order valence-electron chi connectivity index (χ4n) is 1.85. The quantitative estimate of drug-likeness (QED) is 0.818. The lowest BCUT2D eigenvalue weighted by Gasteiger charge is -2.08. The maximum Gasteiger partial charge on any atom is 0.251 e. The summed E-state index contributed by atoms with van der Waals surface area (Å²) in [6.07, 6.45) is 1.02. The fourth-order valence-corrected chi connectivity index (χ4v) is 1.85. The molecule has 0 aliphatic rings. The minimum absolute atomic E-state index is 0.0736. The Bertz CT molecular complexity index is 535. The van der Waals surface area contributed by atoms with Gasteiger partial charge in [-0.15, -0.1) is 0 Å². The number of nitrogens with one attached hydrogen (secondary N) is 1. The second-order valence-electron chi connectivity index (χ2n) is 4.47. The van der Waals surface area contributed by atoms with E-state index in [1.165, 1.54) is 5.56 Å². The van der Waals surface area contributed by atoms with Crippen molar-refractivity contribution in [2.45, 2.75) is 13.3 Å². The van der Waals surface area contributed by atoms with Crippen molar-refractivity contribution in [3.8, 4) is 5.75 Å². The van der Waals surface area contributed by atoms with E-state index in [0.29, 0.717) is 18.7 Å². The topological polar surface area (TPSA) is 38.3 Å². The molecule has 0 atom stereocenters. The monoisotopic (exact) mass is 269 g/mol. The van der Waals surface area contributed by atoms with Crippen LogP contribution in [0, 0.1) is 0 Å². The van der Waals surface area contributed by atoms with E-state index in [1.54, 1.807) is 12.1 Å². The molecule has 2 aromatic carbocycles. The summed E-state index contributed by atoms with van der Waals surface area (Å²) in [5.74, 6) is 0.756. The summed E-state index contributed by atoms with van der Waals surface area (Å²) < 4.78 is 5.58. The maximum atomic E-state index is 11.8. The Morgan fingerprint density at radius 2 is 1.75 bits per heavy atom. The summed E-state index contributed by atoms with van der Waals surface area (Å²) in [6, 6.07) is 17.2. The van der Waals surface area contributed by atoms with Crippen molar-refractivity contribution >= 4 is 5.91 Å². The molecule has 0 bridgehead atoms. The molecule has 1 amide bonds. The highest BCUT2D eigenvalue weighted by molar-refractivity contribution is 5.94. The second kappa shape index (κ2) is 7.34. The Morgan fingerprint density at radius 1 is 1.05 bits per heavy atom. The molecule has 0 saturated carbocycles. The van der Waals surface area contributed by atoms with Gasteiger partial charge in [-0.05, 0) is 36.2 Å². The van der Waals surface area contributed by atoms with E-state index < -0.39 is 0 Å². The van der Waals surface area contributed by atoms with Crippen LogP contribution >= 0.6 is 0 Å². The standard InChI is InChI=1S/C17H19NO2/c1-2-14-8-10-16(11-9-14)20-13-12-18-17(19)15-6-4-3-5-7-15/h3-11H,2,12-13H2,1H3,(H,18,19). The van der Waals surface area contributed by atoms with Crippen molar-refractivity contribution < 1.29 is 9.53 Å². The Hall–Kier alpha value is -2.29. The largest absolute Gasteiger partial charge is 0.492 e. The molecular formula is C17H19NO2. The van der Waals surface area contributed by atoms with Crippen molar-refractivity contribution in [1.82, 2.24) is 5.32 Å². The highest BCUT2D eigenvalue weighted by atomic mass is 16.5. The molecule has 0 spiro atoms. The summed E-state index contributed by atoms with van der Waals surface area (Å²) in [5.41, 5.74) is 1.95. The number of carbonyl (C=O) groups is 1. The van der Waals surface area contributed by atoms with Crippen LogP contribution in [0.25, 0.3) is 0 Å². The summed E-state index contributed by atoms with van der Waals surface area (Å²) >= 11 is 0. The SMILES string of the molecule is CCc1ccc(OCCNC(=O)c2ccccc2)cc1. The number of hydrogen-bond donors (Lipinski definition) is 1. The van der Waals surface area contributed by atoms with Crippen molar-refractivity contribution in [3.63, 3.8) is 0 Å². The highest BCUT2D eigenvalue weighted by Crippen LogP contribution is 2.12.